The van der Waals surface area contributed by atoms with Gasteiger partial charge in [0, 0.05) is 32.7 Å². The molecule has 2 heterocycles. The summed E-state index contributed by atoms with van der Waals surface area (Å²) in [5.41, 5.74) is 17.0. The molecule has 12 aromatic rings. The maximum atomic E-state index is 5.44. The monoisotopic (exact) mass is 926 g/mol. The normalized spacial score (nSPS) is 17.1. The Kier molecular flexibility index (Phi) is 8.91. The first-order valence-electron chi connectivity index (χ1n) is 25.4. The molecule has 72 heavy (non-hydrogen) atoms. The van der Waals surface area contributed by atoms with Crippen LogP contribution in [0.15, 0.2) is 218 Å². The van der Waals surface area contributed by atoms with Crippen LogP contribution in [0.2, 0.25) is 0 Å². The lowest BCUT2D eigenvalue weighted by Gasteiger charge is -2.62. The summed E-state index contributed by atoms with van der Waals surface area (Å²) in [5, 5.41) is 4.88. The highest BCUT2D eigenvalue weighted by Gasteiger charge is 2.71. The highest BCUT2D eigenvalue weighted by Crippen LogP contribution is 2.76. The molecular formula is C68H54N4. The van der Waals surface area contributed by atoms with Gasteiger partial charge in [-0.1, -0.05) is 224 Å². The summed E-state index contributed by atoms with van der Waals surface area (Å²) in [6.45, 7) is 15.1. The van der Waals surface area contributed by atoms with E-state index in [0.29, 0.717) is 0 Å². The number of fused-ring (bicyclic) bond motifs is 12. The lowest BCUT2D eigenvalue weighted by Crippen LogP contribution is -2.62. The van der Waals surface area contributed by atoms with E-state index in [1.54, 1.807) is 0 Å². The molecular weight excluding hydrogens is 873 g/mol. The van der Waals surface area contributed by atoms with Crippen LogP contribution >= 0.6 is 0 Å². The van der Waals surface area contributed by atoms with Crippen molar-refractivity contribution in [3.63, 3.8) is 0 Å². The predicted octanol–water partition coefficient (Wildman–Crippen LogP) is 17.3. The molecule has 0 saturated carbocycles. The number of imidazole rings is 2. The van der Waals surface area contributed by atoms with Gasteiger partial charge in [0.1, 0.15) is 11.6 Å². The van der Waals surface area contributed by atoms with Crippen LogP contribution in [-0.2, 0) is 10.8 Å². The highest BCUT2D eigenvalue weighted by molar-refractivity contribution is 6.11. The van der Waals surface area contributed by atoms with Crippen molar-refractivity contribution in [2.45, 2.75) is 52.4 Å². The standard InChI is InChI=1S/C68H54N4/c1-65(2,3)67(51-35-19-17-33-49(51)61-47-31-15-13-29-45(47)59(41-53(61)67)71-57-39-23-21-37-55(57)69-63(71)43-25-9-7-10-26-43)68(66(4,5)6)52-36-20-18-34-50(52)62-48-32-16-14-30-46(48)60(42-54(62)68)72-58-40-24-22-38-56(58)70-64(72)44-27-11-8-12-28-44/h7-42H,1-6H3. The molecule has 0 amide bonds. The van der Waals surface area contributed by atoms with Crippen LogP contribution in [0.3, 0.4) is 0 Å². The number of hydrogen-bond donors (Lipinski definition) is 0. The number of benzene rings is 10. The Morgan fingerprint density at radius 2 is 0.667 bits per heavy atom. The lowest BCUT2D eigenvalue weighted by molar-refractivity contribution is 0.0594. The van der Waals surface area contributed by atoms with Crippen LogP contribution in [0, 0.1) is 10.8 Å². The van der Waals surface area contributed by atoms with Crippen LogP contribution in [0.1, 0.15) is 63.8 Å². The van der Waals surface area contributed by atoms with Crippen molar-refractivity contribution >= 4 is 43.6 Å². The summed E-state index contributed by atoms with van der Waals surface area (Å²) in [6.07, 6.45) is 0. The van der Waals surface area contributed by atoms with Crippen molar-refractivity contribution in [3.8, 4) is 56.4 Å². The second-order valence-corrected chi connectivity index (χ2v) is 22.1. The number of nitrogens with zero attached hydrogens (tertiary/aromatic N) is 4. The van der Waals surface area contributed by atoms with E-state index in [1.807, 2.05) is 0 Å². The van der Waals surface area contributed by atoms with E-state index in [9.17, 15) is 0 Å². The van der Waals surface area contributed by atoms with E-state index in [2.05, 4.69) is 269 Å². The first-order valence-corrected chi connectivity index (χ1v) is 25.4. The molecule has 2 aliphatic carbocycles. The summed E-state index contributed by atoms with van der Waals surface area (Å²) >= 11 is 0. The molecule has 0 saturated heterocycles. The van der Waals surface area contributed by atoms with Crippen LogP contribution in [-0.4, -0.2) is 19.1 Å². The molecule has 346 valence electrons. The molecule has 0 aliphatic heterocycles. The van der Waals surface area contributed by atoms with E-state index in [1.165, 1.54) is 66.1 Å². The fourth-order valence-corrected chi connectivity index (χ4v) is 14.3. The van der Waals surface area contributed by atoms with Gasteiger partial charge in [-0.05, 0) is 103 Å². The Hall–Kier alpha value is -8.34. The maximum absolute atomic E-state index is 5.44. The molecule has 0 fully saturated rings. The van der Waals surface area contributed by atoms with Gasteiger partial charge in [-0.3, -0.25) is 9.13 Å². The molecule has 14 rings (SSSR count). The van der Waals surface area contributed by atoms with Crippen molar-refractivity contribution in [3.05, 3.63) is 241 Å². The number of para-hydroxylation sites is 4. The maximum Gasteiger partial charge on any atom is 0.145 e. The summed E-state index contributed by atoms with van der Waals surface area (Å²) in [5.74, 6) is 1.86. The molecule has 4 nitrogen and oxygen atoms in total. The van der Waals surface area contributed by atoms with Crippen LogP contribution < -0.4 is 0 Å². The molecule has 2 atom stereocenters. The second-order valence-electron chi connectivity index (χ2n) is 22.1. The van der Waals surface area contributed by atoms with Crippen molar-refractivity contribution in [1.82, 2.24) is 19.1 Å². The van der Waals surface area contributed by atoms with Crippen LogP contribution in [0.25, 0.3) is 100 Å². The highest BCUT2D eigenvalue weighted by atomic mass is 15.1. The second kappa shape index (κ2) is 15.1. The first-order chi connectivity index (χ1) is 35.0. The van der Waals surface area contributed by atoms with Gasteiger partial charge >= 0.3 is 0 Å². The first kappa shape index (κ1) is 42.5. The van der Waals surface area contributed by atoms with Gasteiger partial charge in [0.2, 0.25) is 0 Å². The lowest BCUT2D eigenvalue weighted by atomic mass is 9.39. The molecule has 10 aromatic carbocycles. The molecule has 2 aliphatic rings. The third-order valence-corrected chi connectivity index (χ3v) is 16.5. The minimum atomic E-state index is -0.674. The average molecular weight is 927 g/mol. The Labute approximate surface area is 420 Å². The molecule has 2 aromatic heterocycles. The Morgan fingerprint density at radius 1 is 0.333 bits per heavy atom. The molecule has 4 heteroatoms. The smallest absolute Gasteiger partial charge is 0.145 e. The van der Waals surface area contributed by atoms with Gasteiger partial charge < -0.3 is 0 Å². The van der Waals surface area contributed by atoms with Crippen LogP contribution in [0.5, 0.6) is 0 Å². The molecule has 2 unspecified atom stereocenters. The van der Waals surface area contributed by atoms with Gasteiger partial charge in [-0.15, -0.1) is 0 Å². The van der Waals surface area contributed by atoms with E-state index >= 15 is 0 Å². The number of aromatic nitrogens is 4. The topological polar surface area (TPSA) is 35.6 Å². The van der Waals surface area contributed by atoms with E-state index in [4.69, 9.17) is 9.97 Å². The molecule has 0 bridgehead atoms. The van der Waals surface area contributed by atoms with Gasteiger partial charge in [0.05, 0.1) is 33.4 Å². The number of hydrogen-bond acceptors (Lipinski definition) is 2. The quantitative estimate of drug-likeness (QED) is 0.172. The Bertz CT molecular complexity index is 3910. The predicted molar refractivity (Wildman–Crippen MR) is 299 cm³/mol. The largest absolute Gasteiger partial charge is 0.292 e. The SMILES string of the molecule is CC(C)(C)C1(C2(C(C)(C)C)c3ccccc3-c3c2cc(-n2c(-c4ccccc4)nc4ccccc42)c2ccccc32)c2ccccc2-c2c1cc(-n1c(-c3ccccc3)nc3ccccc31)c1ccccc21. The number of rotatable bonds is 5. The van der Waals surface area contributed by atoms with E-state index < -0.39 is 21.7 Å². The van der Waals surface area contributed by atoms with Gasteiger partial charge in [-0.2, -0.15) is 0 Å². The average Bonchev–Trinajstić information content (AvgIpc) is 4.15. The zero-order valence-electron chi connectivity index (χ0n) is 41.6. The summed E-state index contributed by atoms with van der Waals surface area (Å²) < 4.78 is 4.90. The zero-order valence-corrected chi connectivity index (χ0v) is 41.6. The Morgan fingerprint density at radius 3 is 1.07 bits per heavy atom. The van der Waals surface area contributed by atoms with Crippen molar-refractivity contribution in [2.75, 3.05) is 0 Å². The van der Waals surface area contributed by atoms with E-state index in [0.717, 1.165) is 56.2 Å². The van der Waals surface area contributed by atoms with E-state index in [-0.39, 0.29) is 0 Å². The fraction of sp³-hybridized carbons (Fsp3) is 0.147. The van der Waals surface area contributed by atoms with Gasteiger partial charge in [0.15, 0.2) is 0 Å². The van der Waals surface area contributed by atoms with Crippen molar-refractivity contribution in [1.29, 1.82) is 0 Å². The fourth-order valence-electron chi connectivity index (χ4n) is 14.3. The van der Waals surface area contributed by atoms with Gasteiger partial charge in [-0.25, -0.2) is 9.97 Å². The van der Waals surface area contributed by atoms with Gasteiger partial charge in [0.25, 0.3) is 0 Å². The van der Waals surface area contributed by atoms with Crippen molar-refractivity contribution in [2.24, 2.45) is 10.8 Å². The van der Waals surface area contributed by atoms with Crippen LogP contribution in [0.4, 0.5) is 0 Å². The van der Waals surface area contributed by atoms with Crippen molar-refractivity contribution < 1.29 is 0 Å². The summed E-state index contributed by atoms with van der Waals surface area (Å²) in [6, 6.07) is 81.0. The third kappa shape index (κ3) is 5.42. The summed E-state index contributed by atoms with van der Waals surface area (Å²) in [4.78, 5) is 10.9. The molecule has 0 N–H and O–H groups in total. The molecule has 0 radical (unpaired) electrons. The third-order valence-electron chi connectivity index (χ3n) is 16.5. The minimum absolute atomic E-state index is 0.391. The zero-order chi connectivity index (χ0) is 48.7. The minimum Gasteiger partial charge on any atom is -0.292 e. The Balaban J connectivity index is 1.20. The summed E-state index contributed by atoms with van der Waals surface area (Å²) in [7, 11) is 0. The molecule has 0 spiro atoms.